The van der Waals surface area contributed by atoms with Crippen molar-refractivity contribution in [1.29, 1.82) is 0 Å². The lowest BCUT2D eigenvalue weighted by Gasteiger charge is -2.35. The molecule has 8 nitrogen and oxygen atoms in total. The number of furan rings is 1. The highest BCUT2D eigenvalue weighted by Crippen LogP contribution is 2.24. The minimum absolute atomic E-state index is 0.0844. The second-order valence-electron chi connectivity index (χ2n) is 6.86. The van der Waals surface area contributed by atoms with E-state index in [1.165, 1.54) is 11.8 Å². The van der Waals surface area contributed by atoms with Gasteiger partial charge in [-0.1, -0.05) is 23.9 Å². The summed E-state index contributed by atoms with van der Waals surface area (Å²) in [6, 6.07) is 15.1. The Kier molecular flexibility index (Phi) is 5.10. The number of benzene rings is 1. The minimum Gasteiger partial charge on any atom is -0.463 e. The van der Waals surface area contributed by atoms with Crippen molar-refractivity contribution >= 4 is 34.6 Å². The molecule has 4 aromatic rings. The number of rotatable bonds is 5. The molecule has 4 heterocycles. The van der Waals surface area contributed by atoms with Crippen molar-refractivity contribution in [3.8, 4) is 11.5 Å². The van der Waals surface area contributed by atoms with Crippen molar-refractivity contribution in [3.05, 3.63) is 54.8 Å². The summed E-state index contributed by atoms with van der Waals surface area (Å²) in [6.45, 7) is 2.73. The number of carbonyl (C=O) groups is 1. The smallest absolute Gasteiger partial charge is 0.257 e. The maximum atomic E-state index is 12.6. The van der Waals surface area contributed by atoms with Gasteiger partial charge in [-0.25, -0.2) is 4.98 Å². The van der Waals surface area contributed by atoms with Crippen LogP contribution in [0.2, 0.25) is 0 Å². The molecule has 0 aliphatic carbocycles. The molecule has 9 heteroatoms. The Bertz CT molecular complexity index is 1100. The van der Waals surface area contributed by atoms with Crippen LogP contribution in [0.3, 0.4) is 0 Å². The van der Waals surface area contributed by atoms with Crippen LogP contribution in [0.4, 0.5) is 5.82 Å². The van der Waals surface area contributed by atoms with Gasteiger partial charge in [0, 0.05) is 26.2 Å². The van der Waals surface area contributed by atoms with E-state index in [0.717, 1.165) is 16.9 Å². The van der Waals surface area contributed by atoms with Gasteiger partial charge in [-0.3, -0.25) is 4.79 Å². The van der Waals surface area contributed by atoms with E-state index in [9.17, 15) is 4.79 Å². The van der Waals surface area contributed by atoms with Gasteiger partial charge in [0.05, 0.1) is 12.0 Å². The van der Waals surface area contributed by atoms with Gasteiger partial charge in [0.1, 0.15) is 11.2 Å². The molecule has 1 aliphatic rings. The van der Waals surface area contributed by atoms with Crippen molar-refractivity contribution in [3.63, 3.8) is 0 Å². The number of hydrogen-bond acceptors (Lipinski definition) is 8. The van der Waals surface area contributed by atoms with E-state index in [1.807, 2.05) is 53.4 Å². The van der Waals surface area contributed by atoms with Crippen LogP contribution in [0.25, 0.3) is 22.6 Å². The molecule has 152 valence electrons. The summed E-state index contributed by atoms with van der Waals surface area (Å²) in [5, 5.41) is 9.08. The van der Waals surface area contributed by atoms with Gasteiger partial charge >= 0.3 is 0 Å². The first-order valence-electron chi connectivity index (χ1n) is 9.65. The Morgan fingerprint density at radius 1 is 1.00 bits per heavy atom. The first kappa shape index (κ1) is 18.7. The number of anilines is 1. The summed E-state index contributed by atoms with van der Waals surface area (Å²) in [5.41, 5.74) is 2.24. The van der Waals surface area contributed by atoms with Gasteiger partial charge < -0.3 is 18.6 Å². The van der Waals surface area contributed by atoms with E-state index in [4.69, 9.17) is 8.83 Å². The average Bonchev–Trinajstić information content (AvgIpc) is 3.47. The van der Waals surface area contributed by atoms with Crippen LogP contribution in [0, 0.1) is 0 Å². The SMILES string of the molecule is O=C(CSc1nc2ccccc2o1)N1CCN(c2ccc(-c3ccco3)nn2)CC1. The molecule has 0 N–H and O–H groups in total. The largest absolute Gasteiger partial charge is 0.463 e. The lowest BCUT2D eigenvalue weighted by Crippen LogP contribution is -2.49. The number of hydrogen-bond donors (Lipinski definition) is 0. The van der Waals surface area contributed by atoms with Gasteiger partial charge in [0.25, 0.3) is 5.22 Å². The van der Waals surface area contributed by atoms with E-state index in [-0.39, 0.29) is 5.91 Å². The van der Waals surface area contributed by atoms with Gasteiger partial charge in [0.15, 0.2) is 17.2 Å². The van der Waals surface area contributed by atoms with Gasteiger partial charge in [0.2, 0.25) is 5.91 Å². The van der Waals surface area contributed by atoms with E-state index in [0.29, 0.717) is 48.6 Å². The highest BCUT2D eigenvalue weighted by atomic mass is 32.2. The lowest BCUT2D eigenvalue weighted by atomic mass is 10.3. The molecule has 0 unspecified atom stereocenters. The fourth-order valence-electron chi connectivity index (χ4n) is 3.36. The van der Waals surface area contributed by atoms with E-state index >= 15 is 0 Å². The summed E-state index contributed by atoms with van der Waals surface area (Å²) in [5.74, 6) is 1.89. The van der Waals surface area contributed by atoms with Crippen molar-refractivity contribution in [2.75, 3.05) is 36.8 Å². The summed E-state index contributed by atoms with van der Waals surface area (Å²) < 4.78 is 11.0. The van der Waals surface area contributed by atoms with Crippen LogP contribution in [-0.2, 0) is 4.79 Å². The molecule has 5 rings (SSSR count). The monoisotopic (exact) mass is 421 g/mol. The average molecular weight is 421 g/mol. The van der Waals surface area contributed by atoms with Crippen molar-refractivity contribution in [1.82, 2.24) is 20.1 Å². The number of oxazole rings is 1. The Balaban J connectivity index is 1.14. The minimum atomic E-state index is 0.0844. The molecule has 1 aliphatic heterocycles. The normalized spacial score (nSPS) is 14.4. The van der Waals surface area contributed by atoms with Crippen LogP contribution >= 0.6 is 11.8 Å². The molecule has 0 radical (unpaired) electrons. The summed E-state index contributed by atoms with van der Waals surface area (Å²) >= 11 is 1.33. The van der Waals surface area contributed by atoms with Crippen LogP contribution in [0.15, 0.2) is 68.9 Å². The number of piperazine rings is 1. The molecule has 1 saturated heterocycles. The molecule has 0 spiro atoms. The first-order chi connectivity index (χ1) is 14.8. The molecule has 3 aromatic heterocycles. The molecule has 30 heavy (non-hydrogen) atoms. The molecular formula is C21H19N5O3S. The maximum Gasteiger partial charge on any atom is 0.257 e. The Morgan fingerprint density at radius 2 is 1.87 bits per heavy atom. The number of carbonyl (C=O) groups excluding carboxylic acids is 1. The van der Waals surface area contributed by atoms with Gasteiger partial charge in [-0.15, -0.1) is 10.2 Å². The topological polar surface area (TPSA) is 88.5 Å². The number of amides is 1. The molecule has 0 saturated carbocycles. The zero-order chi connectivity index (χ0) is 20.3. The fourth-order valence-corrected chi connectivity index (χ4v) is 4.10. The fraction of sp³-hybridized carbons (Fsp3) is 0.238. The Morgan fingerprint density at radius 3 is 2.60 bits per heavy atom. The number of aromatic nitrogens is 3. The lowest BCUT2D eigenvalue weighted by molar-refractivity contribution is -0.128. The third-order valence-corrected chi connectivity index (χ3v) is 5.79. The van der Waals surface area contributed by atoms with Crippen LogP contribution < -0.4 is 4.90 Å². The maximum absolute atomic E-state index is 12.6. The molecule has 1 fully saturated rings. The Hall–Kier alpha value is -3.33. The second-order valence-corrected chi connectivity index (χ2v) is 7.78. The summed E-state index contributed by atoms with van der Waals surface area (Å²) in [6.07, 6.45) is 1.61. The first-order valence-corrected chi connectivity index (χ1v) is 10.6. The molecule has 1 amide bonds. The molecule has 0 atom stereocenters. The van der Waals surface area contributed by atoms with Crippen LogP contribution in [0.5, 0.6) is 0 Å². The summed E-state index contributed by atoms with van der Waals surface area (Å²) in [4.78, 5) is 21.0. The van der Waals surface area contributed by atoms with Gasteiger partial charge in [-0.2, -0.15) is 0 Å². The Labute approximate surface area is 176 Å². The summed E-state index contributed by atoms with van der Waals surface area (Å²) in [7, 11) is 0. The standard InChI is InChI=1S/C21H19N5O3S/c27-20(14-30-21-22-15-4-1-2-5-18(15)29-21)26-11-9-25(10-12-26)19-8-7-16(23-24-19)17-6-3-13-28-17/h1-8,13H,9-12,14H2. The number of fused-ring (bicyclic) bond motifs is 1. The van der Waals surface area contributed by atoms with Crippen molar-refractivity contribution in [2.24, 2.45) is 0 Å². The third-order valence-electron chi connectivity index (χ3n) is 4.97. The van der Waals surface area contributed by atoms with Crippen molar-refractivity contribution in [2.45, 2.75) is 5.22 Å². The van der Waals surface area contributed by atoms with Crippen molar-refractivity contribution < 1.29 is 13.6 Å². The van der Waals surface area contributed by atoms with Crippen LogP contribution in [-0.4, -0.2) is 57.9 Å². The third kappa shape index (κ3) is 3.88. The predicted octanol–water partition coefficient (Wildman–Crippen LogP) is 3.32. The van der Waals surface area contributed by atoms with E-state index in [1.54, 1.807) is 6.26 Å². The predicted molar refractivity (Wildman–Crippen MR) is 113 cm³/mol. The van der Waals surface area contributed by atoms with E-state index in [2.05, 4.69) is 20.1 Å². The molecular weight excluding hydrogens is 402 g/mol. The molecule has 0 bridgehead atoms. The zero-order valence-electron chi connectivity index (χ0n) is 16.1. The van der Waals surface area contributed by atoms with Gasteiger partial charge in [-0.05, 0) is 36.4 Å². The second kappa shape index (κ2) is 8.19. The number of nitrogens with zero attached hydrogens (tertiary/aromatic N) is 5. The quantitative estimate of drug-likeness (QED) is 0.454. The number of para-hydroxylation sites is 2. The van der Waals surface area contributed by atoms with Crippen LogP contribution in [0.1, 0.15) is 0 Å². The molecule has 1 aromatic carbocycles. The van der Waals surface area contributed by atoms with E-state index < -0.39 is 0 Å². The zero-order valence-corrected chi connectivity index (χ0v) is 16.9. The highest BCUT2D eigenvalue weighted by molar-refractivity contribution is 7.99. The number of thioether (sulfide) groups is 1. The highest BCUT2D eigenvalue weighted by Gasteiger charge is 2.23.